The minimum absolute atomic E-state index is 0.103. The van der Waals surface area contributed by atoms with Crippen molar-refractivity contribution in [1.29, 1.82) is 0 Å². The Balaban J connectivity index is 1.83. The first-order chi connectivity index (χ1) is 14.2. The Kier molecular flexibility index (Phi) is 3.95. The number of fused-ring (bicyclic) bond motifs is 2. The van der Waals surface area contributed by atoms with E-state index in [0.29, 0.717) is 11.4 Å². The Morgan fingerprint density at radius 2 is 1.69 bits per heavy atom. The predicted octanol–water partition coefficient (Wildman–Crippen LogP) is 4.89. The third-order valence-electron chi connectivity index (χ3n) is 5.22. The molecule has 0 spiro atoms. The van der Waals surface area contributed by atoms with E-state index in [9.17, 15) is 4.79 Å². The minimum Gasteiger partial charge on any atom is -0.497 e. The van der Waals surface area contributed by atoms with Gasteiger partial charge in [0.05, 0.1) is 18.1 Å². The average Bonchev–Trinajstić information content (AvgIpc) is 3.31. The quantitative estimate of drug-likeness (QED) is 0.447. The summed E-state index contributed by atoms with van der Waals surface area (Å²) in [6, 6.07) is 23.0. The highest BCUT2D eigenvalue weighted by Gasteiger charge is 2.22. The second-order valence-corrected chi connectivity index (χ2v) is 6.97. The zero-order valence-corrected chi connectivity index (χ0v) is 16.2. The molecule has 0 amide bonds. The van der Waals surface area contributed by atoms with Crippen molar-refractivity contribution in [2.24, 2.45) is 7.05 Å². The van der Waals surface area contributed by atoms with Crippen molar-refractivity contribution in [2.45, 2.75) is 0 Å². The molecule has 3 aromatic carbocycles. The Hall–Kier alpha value is -3.86. The lowest BCUT2D eigenvalue weighted by atomic mass is 10.1. The molecule has 5 nitrogen and oxygen atoms in total. The minimum atomic E-state index is -0.103. The van der Waals surface area contributed by atoms with E-state index in [-0.39, 0.29) is 5.91 Å². The van der Waals surface area contributed by atoms with Crippen molar-refractivity contribution in [3.8, 4) is 17.1 Å². The number of aryl methyl sites for hydroxylation is 1. The van der Waals surface area contributed by atoms with Crippen molar-refractivity contribution < 1.29 is 9.53 Å². The van der Waals surface area contributed by atoms with Crippen LogP contribution in [0.2, 0.25) is 0 Å². The molecule has 0 bridgehead atoms. The number of carbonyl (C=O) groups is 1. The molecule has 0 aliphatic heterocycles. The molecule has 0 saturated heterocycles. The maximum absolute atomic E-state index is 13.5. The summed E-state index contributed by atoms with van der Waals surface area (Å²) in [6.07, 6.45) is 2.01. The summed E-state index contributed by atoms with van der Waals surface area (Å²) in [5, 5.41) is 0.990. The van der Waals surface area contributed by atoms with E-state index in [4.69, 9.17) is 9.72 Å². The molecule has 0 aliphatic carbocycles. The van der Waals surface area contributed by atoms with Gasteiger partial charge >= 0.3 is 0 Å². The summed E-state index contributed by atoms with van der Waals surface area (Å²) in [5.41, 5.74) is 4.13. The normalized spacial score (nSPS) is 11.2. The Bertz CT molecular complexity index is 1360. The van der Waals surface area contributed by atoms with Crippen LogP contribution in [0.4, 0.5) is 0 Å². The van der Waals surface area contributed by atoms with Crippen molar-refractivity contribution in [3.05, 3.63) is 84.6 Å². The fraction of sp³-hybridized carbons (Fsp3) is 0.0833. The third-order valence-corrected chi connectivity index (χ3v) is 5.22. The number of ether oxygens (including phenoxy) is 1. The number of hydrogen-bond acceptors (Lipinski definition) is 3. The summed E-state index contributed by atoms with van der Waals surface area (Å²) >= 11 is 0. The molecule has 2 aromatic heterocycles. The molecular formula is C24H19N3O2. The highest BCUT2D eigenvalue weighted by Crippen LogP contribution is 2.34. The summed E-state index contributed by atoms with van der Waals surface area (Å²) in [4.78, 5) is 18.3. The second kappa shape index (κ2) is 6.63. The molecule has 5 rings (SSSR count). The van der Waals surface area contributed by atoms with E-state index < -0.39 is 0 Å². The molecule has 0 aliphatic rings. The summed E-state index contributed by atoms with van der Waals surface area (Å²) in [7, 11) is 3.64. The van der Waals surface area contributed by atoms with Gasteiger partial charge in [-0.15, -0.1) is 0 Å². The Morgan fingerprint density at radius 3 is 2.48 bits per heavy atom. The average molecular weight is 381 g/mol. The van der Waals surface area contributed by atoms with E-state index >= 15 is 0 Å². The first-order valence-corrected chi connectivity index (χ1v) is 9.38. The van der Waals surface area contributed by atoms with Gasteiger partial charge in [-0.25, -0.2) is 4.98 Å². The Labute approximate surface area is 167 Å². The van der Waals surface area contributed by atoms with Crippen LogP contribution >= 0.6 is 0 Å². The fourth-order valence-electron chi connectivity index (χ4n) is 3.80. The van der Waals surface area contributed by atoms with E-state index in [1.165, 1.54) is 0 Å². The van der Waals surface area contributed by atoms with E-state index in [1.54, 1.807) is 11.7 Å². The van der Waals surface area contributed by atoms with Gasteiger partial charge in [0, 0.05) is 35.3 Å². The summed E-state index contributed by atoms with van der Waals surface area (Å²) < 4.78 is 9.17. The first-order valence-electron chi connectivity index (χ1n) is 9.38. The fourth-order valence-corrected chi connectivity index (χ4v) is 3.80. The van der Waals surface area contributed by atoms with Crippen LogP contribution in [0.1, 0.15) is 10.4 Å². The standard InChI is InChI=1S/C24H19N3O2/c1-26-15-19(18-14-17(29-2)12-13-21(18)26)23-25-20-10-6-7-11-22(20)27(23)24(28)16-8-4-3-5-9-16/h3-15H,1-2H3. The van der Waals surface area contributed by atoms with Crippen molar-refractivity contribution in [2.75, 3.05) is 7.11 Å². The number of aromatic nitrogens is 3. The maximum atomic E-state index is 13.5. The van der Waals surface area contributed by atoms with E-state index in [1.807, 2.05) is 90.6 Å². The lowest BCUT2D eigenvalue weighted by molar-refractivity contribution is 0.0966. The van der Waals surface area contributed by atoms with E-state index in [0.717, 1.165) is 33.2 Å². The third kappa shape index (κ3) is 2.70. The number of benzene rings is 3. The zero-order valence-electron chi connectivity index (χ0n) is 16.2. The number of hydrogen-bond donors (Lipinski definition) is 0. The van der Waals surface area contributed by atoms with Gasteiger partial charge in [0.25, 0.3) is 5.91 Å². The number of nitrogens with zero attached hydrogens (tertiary/aromatic N) is 3. The molecular weight excluding hydrogens is 362 g/mol. The van der Waals surface area contributed by atoms with Gasteiger partial charge in [0.2, 0.25) is 0 Å². The molecule has 5 aromatic rings. The molecule has 142 valence electrons. The van der Waals surface area contributed by atoms with Gasteiger partial charge < -0.3 is 9.30 Å². The molecule has 0 unspecified atom stereocenters. The van der Waals surface area contributed by atoms with Crippen LogP contribution in [0.5, 0.6) is 5.75 Å². The summed E-state index contributed by atoms with van der Waals surface area (Å²) in [5.74, 6) is 1.29. The lowest BCUT2D eigenvalue weighted by Gasteiger charge is -2.08. The van der Waals surface area contributed by atoms with Crippen LogP contribution < -0.4 is 4.74 Å². The molecule has 5 heteroatoms. The van der Waals surface area contributed by atoms with Crippen molar-refractivity contribution in [3.63, 3.8) is 0 Å². The zero-order chi connectivity index (χ0) is 20.0. The number of imidazole rings is 1. The first kappa shape index (κ1) is 17.3. The molecule has 0 N–H and O–H groups in total. The number of carbonyl (C=O) groups excluding carboxylic acids is 1. The van der Waals surface area contributed by atoms with Gasteiger partial charge in [0.15, 0.2) is 0 Å². The van der Waals surface area contributed by atoms with Gasteiger partial charge in [0.1, 0.15) is 11.6 Å². The Morgan fingerprint density at radius 1 is 0.931 bits per heavy atom. The van der Waals surface area contributed by atoms with Crippen LogP contribution in [0.25, 0.3) is 33.3 Å². The van der Waals surface area contributed by atoms with Crippen molar-refractivity contribution >= 4 is 27.8 Å². The highest BCUT2D eigenvalue weighted by molar-refractivity contribution is 6.06. The molecule has 0 atom stereocenters. The van der Waals surface area contributed by atoms with E-state index in [2.05, 4.69) is 0 Å². The smallest absolute Gasteiger partial charge is 0.264 e. The van der Waals surface area contributed by atoms with Gasteiger partial charge in [-0.1, -0.05) is 30.3 Å². The molecule has 0 radical (unpaired) electrons. The van der Waals surface area contributed by atoms with Gasteiger partial charge in [-0.2, -0.15) is 0 Å². The molecule has 29 heavy (non-hydrogen) atoms. The number of para-hydroxylation sites is 2. The number of rotatable bonds is 3. The lowest BCUT2D eigenvalue weighted by Crippen LogP contribution is -2.13. The monoisotopic (exact) mass is 381 g/mol. The topological polar surface area (TPSA) is 49.1 Å². The van der Waals surface area contributed by atoms with Crippen LogP contribution in [-0.2, 0) is 7.05 Å². The molecule has 2 heterocycles. The highest BCUT2D eigenvalue weighted by atomic mass is 16.5. The van der Waals surface area contributed by atoms with Crippen molar-refractivity contribution in [1.82, 2.24) is 14.1 Å². The molecule has 0 fully saturated rings. The van der Waals surface area contributed by atoms with Crippen LogP contribution in [0, 0.1) is 0 Å². The maximum Gasteiger partial charge on any atom is 0.264 e. The largest absolute Gasteiger partial charge is 0.497 e. The predicted molar refractivity (Wildman–Crippen MR) is 114 cm³/mol. The molecule has 0 saturated carbocycles. The summed E-state index contributed by atoms with van der Waals surface area (Å²) in [6.45, 7) is 0. The SMILES string of the molecule is COc1ccc2c(c1)c(-c1nc3ccccc3n1C(=O)c1ccccc1)cn2C. The van der Waals surface area contributed by atoms with Crippen LogP contribution in [-0.4, -0.2) is 27.1 Å². The second-order valence-electron chi connectivity index (χ2n) is 6.97. The van der Waals surface area contributed by atoms with Crippen LogP contribution in [0.3, 0.4) is 0 Å². The van der Waals surface area contributed by atoms with Crippen LogP contribution in [0.15, 0.2) is 79.0 Å². The number of methoxy groups -OCH3 is 1. The van der Waals surface area contributed by atoms with Gasteiger partial charge in [-0.3, -0.25) is 9.36 Å². The van der Waals surface area contributed by atoms with Gasteiger partial charge in [-0.05, 0) is 42.5 Å².